The van der Waals surface area contributed by atoms with Gasteiger partial charge in [0, 0.05) is 102 Å². The summed E-state index contributed by atoms with van der Waals surface area (Å²) in [7, 11) is 4.10. The topological polar surface area (TPSA) is 83.5 Å². The summed E-state index contributed by atoms with van der Waals surface area (Å²) in [5, 5.41) is 3.11. The molecule has 4 aromatic carbocycles. The normalized spacial score (nSPS) is 11.2. The van der Waals surface area contributed by atoms with E-state index >= 15 is 0 Å². The van der Waals surface area contributed by atoms with Crippen molar-refractivity contribution < 1.29 is 4.74 Å². The maximum absolute atomic E-state index is 6.23. The van der Waals surface area contributed by atoms with Crippen molar-refractivity contribution in [2.24, 2.45) is 14.1 Å². The van der Waals surface area contributed by atoms with Crippen LogP contribution in [0.1, 0.15) is 5.56 Å². The average molecular weight is 660 g/mol. The number of rotatable bonds is 5. The molecule has 0 radical (unpaired) electrons. The fourth-order valence-electron chi connectivity index (χ4n) is 6.12. The molecule has 9 rings (SSSR count). The molecule has 9 aromatic rings. The van der Waals surface area contributed by atoms with Crippen LogP contribution in [0.4, 0.5) is 0 Å². The minimum atomic E-state index is 0.454. The first-order chi connectivity index (χ1) is 24.0. The number of halogens is 1. The third-order valence-electron chi connectivity index (χ3n) is 8.61. The molecule has 5 heterocycles. The van der Waals surface area contributed by atoms with Crippen molar-refractivity contribution in [2.75, 3.05) is 0 Å². The van der Waals surface area contributed by atoms with Gasteiger partial charge in [0.25, 0.3) is 0 Å². The van der Waals surface area contributed by atoms with Crippen molar-refractivity contribution in [2.45, 2.75) is 6.61 Å². The highest BCUT2D eigenvalue weighted by Crippen LogP contribution is 2.34. The van der Waals surface area contributed by atoms with Crippen LogP contribution in [-0.4, -0.2) is 34.1 Å². The molecule has 0 bridgehead atoms. The summed E-state index contributed by atoms with van der Waals surface area (Å²) in [4.78, 5) is 22.0. The van der Waals surface area contributed by atoms with Crippen LogP contribution in [0.2, 0.25) is 5.02 Å². The summed E-state index contributed by atoms with van der Waals surface area (Å²) in [5.74, 6) is 0.763. The predicted molar refractivity (Wildman–Crippen MR) is 196 cm³/mol. The Balaban J connectivity index is 0.000000148. The second kappa shape index (κ2) is 12.8. The van der Waals surface area contributed by atoms with Gasteiger partial charge in [0.1, 0.15) is 12.4 Å². The van der Waals surface area contributed by atoms with E-state index in [1.54, 1.807) is 31.0 Å². The predicted octanol–water partition coefficient (Wildman–Crippen LogP) is 9.20. The summed E-state index contributed by atoms with van der Waals surface area (Å²) in [6.45, 7) is 0.454. The van der Waals surface area contributed by atoms with Gasteiger partial charge in [0.2, 0.25) is 0 Å². The van der Waals surface area contributed by atoms with E-state index < -0.39 is 0 Å². The van der Waals surface area contributed by atoms with Gasteiger partial charge < -0.3 is 13.9 Å². The zero-order valence-corrected chi connectivity index (χ0v) is 27.6. The second-order valence-electron chi connectivity index (χ2n) is 11.8. The van der Waals surface area contributed by atoms with Crippen molar-refractivity contribution in [1.29, 1.82) is 0 Å². The number of hydrogen-bond donors (Lipinski definition) is 0. The summed E-state index contributed by atoms with van der Waals surface area (Å²) in [5.41, 5.74) is 10.9. The fourth-order valence-corrected chi connectivity index (χ4v) is 6.34. The number of hydrogen-bond acceptors (Lipinski definition) is 6. The zero-order valence-electron chi connectivity index (χ0n) is 26.8. The number of pyridine rings is 1. The lowest BCUT2D eigenvalue weighted by molar-refractivity contribution is 0.306. The van der Waals surface area contributed by atoms with Gasteiger partial charge in [-0.2, -0.15) is 0 Å². The van der Waals surface area contributed by atoms with Gasteiger partial charge in [-0.15, -0.1) is 0 Å². The zero-order chi connectivity index (χ0) is 33.3. The summed E-state index contributed by atoms with van der Waals surface area (Å²) < 4.78 is 10.3. The second-order valence-corrected chi connectivity index (χ2v) is 12.3. The number of aryl methyl sites for hydroxylation is 2. The van der Waals surface area contributed by atoms with E-state index in [9.17, 15) is 0 Å². The van der Waals surface area contributed by atoms with E-state index in [-0.39, 0.29) is 0 Å². The molecule has 0 fully saturated rings. The van der Waals surface area contributed by atoms with E-state index in [0.29, 0.717) is 11.6 Å². The largest absolute Gasteiger partial charge is 0.489 e. The molecule has 0 unspecified atom stereocenters. The highest BCUT2D eigenvalue weighted by atomic mass is 35.5. The molecule has 0 saturated heterocycles. The van der Waals surface area contributed by atoms with Crippen LogP contribution < -0.4 is 4.74 Å². The van der Waals surface area contributed by atoms with Crippen molar-refractivity contribution in [1.82, 2.24) is 34.1 Å². The standard InChI is InChI=1S/C23H18N4O.C17H12ClN3/c1-27-10-6-17-4-5-18(11-22(17)27)20-12-19(13-21-23(20)26-9-8-25-21)28-15-16-3-2-7-24-14-16;1-21-7-4-11-2-3-12(8-16(11)21)14-9-13(18)10-15-17(14)20-6-5-19-15/h2-14H,15H2,1H3;2-10H,1H3. The molecule has 9 heteroatoms. The summed E-state index contributed by atoms with van der Waals surface area (Å²) in [6.07, 6.45) is 14.5. The third kappa shape index (κ3) is 6.06. The third-order valence-corrected chi connectivity index (χ3v) is 8.83. The van der Waals surface area contributed by atoms with Crippen molar-refractivity contribution >= 4 is 55.5 Å². The Labute approximate surface area is 287 Å². The van der Waals surface area contributed by atoms with Crippen molar-refractivity contribution in [3.63, 3.8) is 0 Å². The average Bonchev–Trinajstić information content (AvgIpc) is 3.71. The minimum absolute atomic E-state index is 0.454. The smallest absolute Gasteiger partial charge is 0.122 e. The Morgan fingerprint density at radius 1 is 0.612 bits per heavy atom. The number of nitrogens with zero attached hydrogens (tertiary/aromatic N) is 7. The first kappa shape index (κ1) is 30.2. The quantitative estimate of drug-likeness (QED) is 0.183. The van der Waals surface area contributed by atoms with Crippen LogP contribution in [0, 0.1) is 0 Å². The molecule has 0 spiro atoms. The molecule has 5 aromatic heterocycles. The molecule has 0 aliphatic rings. The molecule has 8 nitrogen and oxygen atoms in total. The molecule has 0 aliphatic heterocycles. The van der Waals surface area contributed by atoms with E-state index in [0.717, 1.165) is 55.6 Å². The first-order valence-corrected chi connectivity index (χ1v) is 16.2. The van der Waals surface area contributed by atoms with Crippen LogP contribution >= 0.6 is 11.6 Å². The molecule has 0 amide bonds. The summed E-state index contributed by atoms with van der Waals surface area (Å²) in [6, 6.07) is 28.7. The molecule has 49 heavy (non-hydrogen) atoms. The Morgan fingerprint density at radius 3 is 1.82 bits per heavy atom. The van der Waals surface area contributed by atoms with Gasteiger partial charge in [0.05, 0.1) is 22.1 Å². The molecule has 0 N–H and O–H groups in total. The molecular formula is C40H30ClN7O. The lowest BCUT2D eigenvalue weighted by atomic mass is 10.0. The van der Waals surface area contributed by atoms with E-state index in [1.165, 1.54) is 21.8 Å². The Bertz CT molecular complexity index is 2610. The monoisotopic (exact) mass is 659 g/mol. The maximum Gasteiger partial charge on any atom is 0.122 e. The molecule has 0 saturated carbocycles. The molecule has 238 valence electrons. The lowest BCUT2D eigenvalue weighted by Crippen LogP contribution is -1.97. The first-order valence-electron chi connectivity index (χ1n) is 15.8. The SMILES string of the molecule is Cn1ccc2ccc(-c3cc(Cl)cc4nccnc34)cc21.Cn1ccc2ccc(-c3cc(OCc4cccnc4)cc4nccnc34)cc21. The van der Waals surface area contributed by atoms with E-state index in [4.69, 9.17) is 16.3 Å². The van der Waals surface area contributed by atoms with Crippen molar-refractivity contribution in [3.8, 4) is 28.0 Å². The van der Waals surface area contributed by atoms with Crippen LogP contribution in [-0.2, 0) is 20.7 Å². The van der Waals surface area contributed by atoms with Gasteiger partial charge in [0.15, 0.2) is 0 Å². The van der Waals surface area contributed by atoms with Gasteiger partial charge in [-0.25, -0.2) is 0 Å². The highest BCUT2D eigenvalue weighted by molar-refractivity contribution is 6.31. The number of fused-ring (bicyclic) bond motifs is 4. The van der Waals surface area contributed by atoms with Gasteiger partial charge in [-0.3, -0.25) is 24.9 Å². The van der Waals surface area contributed by atoms with Crippen LogP contribution in [0.15, 0.2) is 135 Å². The maximum atomic E-state index is 6.23. The Morgan fingerprint density at radius 2 is 1.20 bits per heavy atom. The Hall–Kier alpha value is -6.12. The minimum Gasteiger partial charge on any atom is -0.489 e. The lowest BCUT2D eigenvalue weighted by Gasteiger charge is -2.11. The molecule has 0 aliphatic carbocycles. The highest BCUT2D eigenvalue weighted by Gasteiger charge is 2.12. The van der Waals surface area contributed by atoms with E-state index in [1.807, 2.05) is 49.6 Å². The van der Waals surface area contributed by atoms with Gasteiger partial charge in [-0.05, 0) is 70.4 Å². The van der Waals surface area contributed by atoms with Crippen LogP contribution in [0.3, 0.4) is 0 Å². The Kier molecular flexibility index (Phi) is 7.91. The number of ether oxygens (including phenoxy) is 1. The van der Waals surface area contributed by atoms with Crippen LogP contribution in [0.25, 0.3) is 66.1 Å². The molecular weight excluding hydrogens is 630 g/mol. The van der Waals surface area contributed by atoms with Crippen LogP contribution in [0.5, 0.6) is 5.75 Å². The van der Waals surface area contributed by atoms with E-state index in [2.05, 4.69) is 102 Å². The number of aromatic nitrogens is 7. The van der Waals surface area contributed by atoms with Crippen molar-refractivity contribution in [3.05, 3.63) is 145 Å². The number of benzene rings is 4. The molecule has 0 atom stereocenters. The van der Waals surface area contributed by atoms with Gasteiger partial charge in [-0.1, -0.05) is 41.9 Å². The fraction of sp³-hybridized carbons (Fsp3) is 0.0750. The summed E-state index contributed by atoms with van der Waals surface area (Å²) >= 11 is 6.23. The van der Waals surface area contributed by atoms with Gasteiger partial charge >= 0.3 is 0 Å².